The van der Waals surface area contributed by atoms with Crippen molar-refractivity contribution in [1.29, 1.82) is 0 Å². The maximum atomic E-state index is 12.9. The fraction of sp³-hybridized carbons (Fsp3) is 0.577. The van der Waals surface area contributed by atoms with Gasteiger partial charge in [0.05, 0.1) is 0 Å². The van der Waals surface area contributed by atoms with Crippen molar-refractivity contribution in [2.75, 3.05) is 31.6 Å². The number of carbonyl (C=O) groups is 5. The molecule has 0 atom stereocenters. The number of anilines is 1. The number of amides is 5. The van der Waals surface area contributed by atoms with Gasteiger partial charge in [-0.1, -0.05) is 31.5 Å². The van der Waals surface area contributed by atoms with Crippen molar-refractivity contribution in [2.24, 2.45) is 11.8 Å². The second-order valence-electron chi connectivity index (χ2n) is 9.93. The molecule has 2 saturated heterocycles. The number of nitrogens with zero attached hydrogens (tertiary/aromatic N) is 2. The molecule has 1 aliphatic carbocycles. The van der Waals surface area contributed by atoms with E-state index in [4.69, 9.17) is 4.74 Å². The average molecular weight is 499 g/mol. The monoisotopic (exact) mass is 498 g/mol. The van der Waals surface area contributed by atoms with E-state index in [0.29, 0.717) is 44.7 Å². The summed E-state index contributed by atoms with van der Waals surface area (Å²) in [5.74, 6) is -1.28. The van der Waals surface area contributed by atoms with E-state index in [1.165, 1.54) is 0 Å². The van der Waals surface area contributed by atoms with E-state index >= 15 is 0 Å². The van der Waals surface area contributed by atoms with Crippen LogP contribution in [0.5, 0.6) is 0 Å². The number of hydrogen-bond acceptors (Lipinski definition) is 6. The van der Waals surface area contributed by atoms with E-state index in [2.05, 4.69) is 17.6 Å². The first kappa shape index (κ1) is 25.7. The van der Waals surface area contributed by atoms with Crippen molar-refractivity contribution >= 4 is 35.4 Å². The molecule has 4 rings (SSSR count). The highest BCUT2D eigenvalue weighted by molar-refractivity contribution is 6.08. The Kier molecular flexibility index (Phi) is 7.91. The second-order valence-corrected chi connectivity index (χ2v) is 9.93. The Morgan fingerprint density at radius 1 is 1.06 bits per heavy atom. The lowest BCUT2D eigenvalue weighted by atomic mass is 9.75. The lowest BCUT2D eigenvalue weighted by Crippen LogP contribution is -2.49. The summed E-state index contributed by atoms with van der Waals surface area (Å²) < 4.78 is 5.10. The largest absolute Gasteiger partial charge is 0.454 e. The van der Waals surface area contributed by atoms with Crippen molar-refractivity contribution in [1.82, 2.24) is 15.1 Å². The van der Waals surface area contributed by atoms with Crippen molar-refractivity contribution in [3.8, 4) is 0 Å². The number of likely N-dealkylation sites (tertiary alicyclic amines) is 1. The molecule has 3 aliphatic rings. The molecule has 2 N–H and O–H groups in total. The van der Waals surface area contributed by atoms with Gasteiger partial charge in [0.2, 0.25) is 5.91 Å². The number of imide groups is 1. The molecule has 36 heavy (non-hydrogen) atoms. The van der Waals surface area contributed by atoms with E-state index in [0.717, 1.165) is 29.8 Å². The first-order valence-electron chi connectivity index (χ1n) is 12.7. The van der Waals surface area contributed by atoms with Gasteiger partial charge in [-0.25, -0.2) is 4.79 Å². The molecule has 10 nitrogen and oxygen atoms in total. The van der Waals surface area contributed by atoms with Gasteiger partial charge in [0.1, 0.15) is 12.1 Å². The molecule has 0 aromatic heterocycles. The van der Waals surface area contributed by atoms with Gasteiger partial charge in [-0.15, -0.1) is 0 Å². The first-order valence-corrected chi connectivity index (χ1v) is 12.7. The molecule has 10 heteroatoms. The number of hydrogen-bond donors (Lipinski definition) is 2. The Balaban J connectivity index is 1.19. The molecule has 0 unspecified atom stereocenters. The normalized spacial score (nSPS) is 24.5. The Hall–Kier alpha value is -3.43. The molecule has 3 fully saturated rings. The Bertz CT molecular complexity index is 997. The zero-order valence-electron chi connectivity index (χ0n) is 20.7. The maximum Gasteiger partial charge on any atom is 0.326 e. The summed E-state index contributed by atoms with van der Waals surface area (Å²) in [4.78, 5) is 65.1. The number of piperidine rings is 1. The molecule has 2 heterocycles. The molecular formula is C26H34N4O6. The quantitative estimate of drug-likeness (QED) is 0.439. The van der Waals surface area contributed by atoms with Gasteiger partial charge in [0.15, 0.2) is 6.61 Å². The minimum absolute atomic E-state index is 0.0748. The van der Waals surface area contributed by atoms with Crippen LogP contribution in [-0.2, 0) is 23.9 Å². The number of rotatable bonds is 7. The molecule has 5 amide bonds. The van der Waals surface area contributed by atoms with Crippen LogP contribution in [0.4, 0.5) is 10.5 Å². The van der Waals surface area contributed by atoms with E-state index in [1.807, 2.05) is 30.3 Å². The average Bonchev–Trinajstić information content (AvgIpc) is 3.12. The molecule has 1 aromatic rings. The smallest absolute Gasteiger partial charge is 0.326 e. The van der Waals surface area contributed by atoms with Gasteiger partial charge in [-0.05, 0) is 56.6 Å². The third-order valence-corrected chi connectivity index (χ3v) is 7.69. The summed E-state index contributed by atoms with van der Waals surface area (Å²) >= 11 is 0. The van der Waals surface area contributed by atoms with Gasteiger partial charge < -0.3 is 20.3 Å². The van der Waals surface area contributed by atoms with Crippen molar-refractivity contribution in [2.45, 2.75) is 57.4 Å². The summed E-state index contributed by atoms with van der Waals surface area (Å²) in [5, 5.41) is 5.67. The lowest BCUT2D eigenvalue weighted by Gasteiger charge is -2.34. The Morgan fingerprint density at radius 2 is 1.72 bits per heavy atom. The SMILES string of the molecule is CCC1CCC2(CC1)NC(=O)N(CC(=O)OCC(=O)N1CCC(C(=O)Nc3ccccc3)CC1)C2=O. The van der Waals surface area contributed by atoms with E-state index < -0.39 is 30.7 Å². The van der Waals surface area contributed by atoms with Gasteiger partial charge in [-0.3, -0.25) is 24.1 Å². The second kappa shape index (κ2) is 11.1. The van der Waals surface area contributed by atoms with Crippen LogP contribution in [0, 0.1) is 11.8 Å². The van der Waals surface area contributed by atoms with Crippen LogP contribution in [0.25, 0.3) is 0 Å². The predicted molar refractivity (Wildman–Crippen MR) is 131 cm³/mol. The Morgan fingerprint density at radius 3 is 2.36 bits per heavy atom. The Labute approximate surface area is 210 Å². The summed E-state index contributed by atoms with van der Waals surface area (Å²) in [5.41, 5.74) is -0.187. The maximum absolute atomic E-state index is 12.9. The van der Waals surface area contributed by atoms with Gasteiger partial charge in [-0.2, -0.15) is 0 Å². The molecule has 2 aliphatic heterocycles. The molecule has 1 aromatic carbocycles. The number of nitrogens with one attached hydrogen (secondary N) is 2. The highest BCUT2D eigenvalue weighted by Crippen LogP contribution is 2.37. The number of ether oxygens (including phenoxy) is 1. The summed E-state index contributed by atoms with van der Waals surface area (Å²) in [6.45, 7) is 1.91. The third kappa shape index (κ3) is 5.68. The molecule has 0 radical (unpaired) electrons. The van der Waals surface area contributed by atoms with Crippen molar-refractivity contribution in [3.05, 3.63) is 30.3 Å². The van der Waals surface area contributed by atoms with E-state index in [1.54, 1.807) is 4.90 Å². The van der Waals surface area contributed by atoms with Crippen LogP contribution >= 0.6 is 0 Å². The summed E-state index contributed by atoms with van der Waals surface area (Å²) in [6.07, 6.45) is 4.93. The van der Waals surface area contributed by atoms with Crippen LogP contribution in [-0.4, -0.2) is 71.3 Å². The fourth-order valence-corrected chi connectivity index (χ4v) is 5.30. The van der Waals surface area contributed by atoms with E-state index in [-0.39, 0.29) is 23.6 Å². The number of para-hydroxylation sites is 1. The third-order valence-electron chi connectivity index (χ3n) is 7.69. The van der Waals surface area contributed by atoms with Crippen LogP contribution in [0.3, 0.4) is 0 Å². The highest BCUT2D eigenvalue weighted by atomic mass is 16.5. The first-order chi connectivity index (χ1) is 17.3. The zero-order chi connectivity index (χ0) is 25.7. The standard InChI is InChI=1S/C26H34N4O6/c1-2-18-8-12-26(13-9-18)24(34)30(25(35)28-26)16-22(32)36-17-21(31)29-14-10-19(11-15-29)23(33)27-20-6-4-3-5-7-20/h3-7,18-19H,2,8-17H2,1H3,(H,27,33)(H,28,35). The van der Waals surface area contributed by atoms with Crippen LogP contribution in [0.15, 0.2) is 30.3 Å². The van der Waals surface area contributed by atoms with Crippen LogP contribution in [0.1, 0.15) is 51.9 Å². The van der Waals surface area contributed by atoms with Crippen molar-refractivity contribution in [3.63, 3.8) is 0 Å². The van der Waals surface area contributed by atoms with Crippen LogP contribution in [0.2, 0.25) is 0 Å². The van der Waals surface area contributed by atoms with Crippen molar-refractivity contribution < 1.29 is 28.7 Å². The minimum Gasteiger partial charge on any atom is -0.454 e. The minimum atomic E-state index is -0.921. The van der Waals surface area contributed by atoms with E-state index in [9.17, 15) is 24.0 Å². The number of esters is 1. The fourth-order valence-electron chi connectivity index (χ4n) is 5.30. The van der Waals surface area contributed by atoms with Gasteiger partial charge >= 0.3 is 12.0 Å². The molecular weight excluding hydrogens is 464 g/mol. The number of urea groups is 1. The lowest BCUT2D eigenvalue weighted by molar-refractivity contribution is -0.154. The molecule has 1 saturated carbocycles. The summed E-state index contributed by atoms with van der Waals surface area (Å²) in [7, 11) is 0. The van der Waals surface area contributed by atoms with Gasteiger partial charge in [0, 0.05) is 24.7 Å². The van der Waals surface area contributed by atoms with Crippen LogP contribution < -0.4 is 10.6 Å². The number of carbonyl (C=O) groups excluding carboxylic acids is 5. The number of benzene rings is 1. The molecule has 1 spiro atoms. The highest BCUT2D eigenvalue weighted by Gasteiger charge is 2.52. The molecule has 0 bridgehead atoms. The predicted octanol–water partition coefficient (Wildman–Crippen LogP) is 2.30. The zero-order valence-corrected chi connectivity index (χ0v) is 20.7. The summed E-state index contributed by atoms with van der Waals surface area (Å²) in [6, 6.07) is 8.62. The molecule has 194 valence electrons. The topological polar surface area (TPSA) is 125 Å². The van der Waals surface area contributed by atoms with Gasteiger partial charge in [0.25, 0.3) is 11.8 Å².